The molecule has 1 amide bonds. The lowest BCUT2D eigenvalue weighted by Gasteiger charge is -1.98. The van der Waals surface area contributed by atoms with E-state index in [1.54, 1.807) is 24.9 Å². The van der Waals surface area contributed by atoms with Gasteiger partial charge in [0.1, 0.15) is 0 Å². The van der Waals surface area contributed by atoms with Crippen molar-refractivity contribution < 1.29 is 9.90 Å². The van der Waals surface area contributed by atoms with Crippen molar-refractivity contribution in [3.05, 3.63) is 36.0 Å². The fourth-order valence-electron chi connectivity index (χ4n) is 1.66. The highest BCUT2D eigenvalue weighted by Crippen LogP contribution is 2.19. The van der Waals surface area contributed by atoms with Crippen LogP contribution in [0.2, 0.25) is 0 Å². The molecule has 1 radical (unpaired) electrons. The molecule has 0 aliphatic carbocycles. The van der Waals surface area contributed by atoms with Gasteiger partial charge in [0.2, 0.25) is 0 Å². The first-order chi connectivity index (χ1) is 7.74. The Labute approximate surface area is 92.3 Å². The number of aliphatic hydroxyl groups is 1. The highest BCUT2D eigenvalue weighted by Gasteiger charge is 2.11. The average molecular weight is 218 g/mol. The molecule has 5 heteroatoms. The molecular weight excluding hydrogens is 206 g/mol. The summed E-state index contributed by atoms with van der Waals surface area (Å²) >= 11 is 0. The van der Waals surface area contributed by atoms with E-state index in [2.05, 4.69) is 9.97 Å². The molecule has 0 atom stereocenters. The Morgan fingerprint density at radius 3 is 3.12 bits per heavy atom. The Morgan fingerprint density at radius 2 is 2.44 bits per heavy atom. The molecule has 83 valence electrons. The van der Waals surface area contributed by atoms with Gasteiger partial charge < -0.3 is 15.8 Å². The van der Waals surface area contributed by atoms with Crippen LogP contribution in [0.5, 0.6) is 0 Å². The van der Waals surface area contributed by atoms with Gasteiger partial charge in [-0.15, -0.1) is 0 Å². The largest absolute Gasteiger partial charge is 0.396 e. The molecule has 16 heavy (non-hydrogen) atoms. The molecule has 2 rings (SSSR count). The molecule has 4 N–H and O–H groups in total. The number of aliphatic hydroxyl groups excluding tert-OH is 1. The lowest BCUT2D eigenvalue weighted by Crippen LogP contribution is -2.11. The zero-order valence-corrected chi connectivity index (χ0v) is 8.60. The highest BCUT2D eigenvalue weighted by molar-refractivity contribution is 6.04. The number of primary amides is 1. The number of H-pyrrole nitrogens is 1. The third-order valence-electron chi connectivity index (χ3n) is 2.40. The zero-order valence-electron chi connectivity index (χ0n) is 8.60. The van der Waals surface area contributed by atoms with Gasteiger partial charge in [-0.3, -0.25) is 9.78 Å². The molecule has 0 saturated carbocycles. The number of nitrogens with one attached hydrogen (secondary N) is 1. The Kier molecular flexibility index (Phi) is 2.87. The molecule has 2 aromatic heterocycles. The Hall–Kier alpha value is -1.88. The van der Waals surface area contributed by atoms with E-state index in [0.717, 1.165) is 11.1 Å². The Morgan fingerprint density at radius 1 is 1.62 bits per heavy atom. The number of hydrogen-bond acceptors (Lipinski definition) is 3. The van der Waals surface area contributed by atoms with Crippen LogP contribution >= 0.6 is 0 Å². The van der Waals surface area contributed by atoms with Gasteiger partial charge >= 0.3 is 0 Å². The number of carbonyl (C=O) groups excluding carboxylic acids is 1. The van der Waals surface area contributed by atoms with Crippen molar-refractivity contribution in [2.45, 2.75) is 6.42 Å². The second kappa shape index (κ2) is 4.32. The molecular formula is C11H12N3O2. The van der Waals surface area contributed by atoms with Crippen LogP contribution in [0, 0.1) is 6.42 Å². The first kappa shape index (κ1) is 10.6. The molecule has 0 fully saturated rings. The standard InChI is InChI=1S/C11H12N3O2/c12-11(16)8-3-4-13-9-7(2-1-5-15)6-14-10(8)9/h1,3-4,6,14-15H,2,5H2,(H2,12,16). The van der Waals surface area contributed by atoms with Crippen molar-refractivity contribution >= 4 is 16.9 Å². The van der Waals surface area contributed by atoms with E-state index < -0.39 is 5.91 Å². The van der Waals surface area contributed by atoms with Gasteiger partial charge in [0.15, 0.2) is 0 Å². The number of nitrogens with two attached hydrogens (primary N) is 1. The summed E-state index contributed by atoms with van der Waals surface area (Å²) in [6.07, 6.45) is 5.65. The molecule has 0 unspecified atom stereocenters. The number of hydrogen-bond donors (Lipinski definition) is 3. The van der Waals surface area contributed by atoms with Gasteiger partial charge in [0.05, 0.1) is 16.6 Å². The monoisotopic (exact) mass is 218 g/mol. The molecule has 0 spiro atoms. The van der Waals surface area contributed by atoms with E-state index >= 15 is 0 Å². The van der Waals surface area contributed by atoms with Crippen LogP contribution in [0.1, 0.15) is 15.9 Å². The fourth-order valence-corrected chi connectivity index (χ4v) is 1.66. The molecule has 0 aromatic carbocycles. The predicted molar refractivity (Wildman–Crippen MR) is 59.7 cm³/mol. The summed E-state index contributed by atoms with van der Waals surface area (Å²) in [4.78, 5) is 18.3. The normalized spacial score (nSPS) is 10.8. The number of nitrogens with zero attached hydrogens (tertiary/aromatic N) is 1. The topological polar surface area (TPSA) is 92.0 Å². The van der Waals surface area contributed by atoms with Crippen LogP contribution in [0.3, 0.4) is 0 Å². The average Bonchev–Trinajstić information content (AvgIpc) is 2.69. The molecule has 0 aliphatic rings. The van der Waals surface area contributed by atoms with Crippen molar-refractivity contribution in [1.82, 2.24) is 9.97 Å². The van der Waals surface area contributed by atoms with Crippen molar-refractivity contribution in [1.29, 1.82) is 0 Å². The van der Waals surface area contributed by atoms with Crippen molar-refractivity contribution in [2.24, 2.45) is 5.73 Å². The predicted octanol–water partition coefficient (Wildman–Crippen LogP) is 0.401. The second-order valence-electron chi connectivity index (χ2n) is 3.44. The fraction of sp³-hybridized carbons (Fsp3) is 0.182. The van der Waals surface area contributed by atoms with Crippen molar-refractivity contribution in [3.63, 3.8) is 0 Å². The van der Waals surface area contributed by atoms with Gasteiger partial charge in [0, 0.05) is 19.0 Å². The summed E-state index contributed by atoms with van der Waals surface area (Å²) in [6.45, 7) is 0.0161. The van der Waals surface area contributed by atoms with Crippen LogP contribution in [0.25, 0.3) is 11.0 Å². The van der Waals surface area contributed by atoms with E-state index in [0.29, 0.717) is 17.5 Å². The maximum absolute atomic E-state index is 11.2. The third kappa shape index (κ3) is 1.77. The van der Waals surface area contributed by atoms with Gasteiger partial charge in [-0.05, 0) is 24.5 Å². The summed E-state index contributed by atoms with van der Waals surface area (Å²) in [7, 11) is 0. The zero-order chi connectivity index (χ0) is 11.5. The van der Waals surface area contributed by atoms with E-state index in [1.165, 1.54) is 0 Å². The molecule has 2 heterocycles. The first-order valence-electron chi connectivity index (χ1n) is 4.91. The first-order valence-corrected chi connectivity index (χ1v) is 4.91. The van der Waals surface area contributed by atoms with Crippen LogP contribution in [-0.2, 0) is 6.42 Å². The van der Waals surface area contributed by atoms with Gasteiger partial charge in [0.25, 0.3) is 5.91 Å². The van der Waals surface area contributed by atoms with Crippen molar-refractivity contribution in [2.75, 3.05) is 6.61 Å². The lowest BCUT2D eigenvalue weighted by atomic mass is 10.1. The Bertz CT molecular complexity index is 519. The SMILES string of the molecule is NC(=O)c1ccnc2c(C[CH]CO)c[nH]c12. The number of aromatic amines is 1. The number of amides is 1. The summed E-state index contributed by atoms with van der Waals surface area (Å²) in [6, 6.07) is 1.58. The van der Waals surface area contributed by atoms with Gasteiger partial charge in [-0.2, -0.15) is 0 Å². The quantitative estimate of drug-likeness (QED) is 0.693. The number of carbonyl (C=O) groups is 1. The van der Waals surface area contributed by atoms with E-state index in [9.17, 15) is 4.79 Å². The van der Waals surface area contributed by atoms with E-state index in [1.807, 2.05) is 0 Å². The maximum atomic E-state index is 11.2. The number of aromatic nitrogens is 2. The summed E-state index contributed by atoms with van der Waals surface area (Å²) in [5.41, 5.74) is 8.00. The highest BCUT2D eigenvalue weighted by atomic mass is 16.2. The number of pyridine rings is 1. The van der Waals surface area contributed by atoms with Crippen LogP contribution in [0.4, 0.5) is 0 Å². The van der Waals surface area contributed by atoms with E-state index in [-0.39, 0.29) is 6.61 Å². The molecule has 0 saturated heterocycles. The maximum Gasteiger partial charge on any atom is 0.250 e. The van der Waals surface area contributed by atoms with Gasteiger partial charge in [-0.25, -0.2) is 0 Å². The third-order valence-corrected chi connectivity index (χ3v) is 2.40. The minimum atomic E-state index is -0.480. The molecule has 0 aliphatic heterocycles. The van der Waals surface area contributed by atoms with Crippen molar-refractivity contribution in [3.8, 4) is 0 Å². The van der Waals surface area contributed by atoms with E-state index in [4.69, 9.17) is 10.8 Å². The van der Waals surface area contributed by atoms with Crippen LogP contribution in [-0.4, -0.2) is 27.6 Å². The van der Waals surface area contributed by atoms with Gasteiger partial charge in [-0.1, -0.05) is 0 Å². The summed E-state index contributed by atoms with van der Waals surface area (Å²) in [5.74, 6) is -0.480. The Balaban J connectivity index is 2.48. The minimum Gasteiger partial charge on any atom is -0.396 e. The summed E-state index contributed by atoms with van der Waals surface area (Å²) < 4.78 is 0. The number of fused-ring (bicyclic) bond motifs is 1. The molecule has 2 aromatic rings. The van der Waals surface area contributed by atoms with Crippen LogP contribution < -0.4 is 5.73 Å². The number of rotatable bonds is 4. The second-order valence-corrected chi connectivity index (χ2v) is 3.44. The smallest absolute Gasteiger partial charge is 0.250 e. The van der Waals surface area contributed by atoms with Crippen LogP contribution in [0.15, 0.2) is 18.5 Å². The molecule has 5 nitrogen and oxygen atoms in total. The molecule has 0 bridgehead atoms. The lowest BCUT2D eigenvalue weighted by molar-refractivity contribution is 0.100. The minimum absolute atomic E-state index is 0.0161. The summed E-state index contributed by atoms with van der Waals surface area (Å²) in [5, 5.41) is 8.72.